The zero-order chi connectivity index (χ0) is 19.2. The predicted octanol–water partition coefficient (Wildman–Crippen LogP) is 4.36. The van der Waals surface area contributed by atoms with E-state index in [1.165, 1.54) is 22.5 Å². The van der Waals surface area contributed by atoms with Crippen LogP contribution in [0.3, 0.4) is 0 Å². The van der Waals surface area contributed by atoms with Gasteiger partial charge in [0, 0.05) is 36.7 Å². The van der Waals surface area contributed by atoms with E-state index < -0.39 is 0 Å². The number of nitrogens with one attached hydrogen (secondary N) is 2. The van der Waals surface area contributed by atoms with Crippen LogP contribution in [0.1, 0.15) is 39.2 Å². The van der Waals surface area contributed by atoms with Crippen molar-refractivity contribution in [2.24, 2.45) is 0 Å². The summed E-state index contributed by atoms with van der Waals surface area (Å²) >= 11 is 1.50. The third-order valence-corrected chi connectivity index (χ3v) is 5.77. The average Bonchev–Trinajstić information content (AvgIpc) is 3.38. The molecule has 0 saturated carbocycles. The van der Waals surface area contributed by atoms with Crippen molar-refractivity contribution < 1.29 is 4.79 Å². The molecule has 4 heterocycles. The number of carbonyl (C=O) groups is 1. The highest BCUT2D eigenvalue weighted by atomic mass is 32.1. The van der Waals surface area contributed by atoms with Crippen LogP contribution in [0.15, 0.2) is 60.5 Å². The van der Waals surface area contributed by atoms with Crippen molar-refractivity contribution in [2.45, 2.75) is 25.7 Å². The number of rotatable bonds is 8. The summed E-state index contributed by atoms with van der Waals surface area (Å²) in [4.78, 5) is 24.9. The molecule has 4 rings (SSSR count). The number of carbonyl (C=O) groups excluding carboxylic acids is 1. The number of pyridine rings is 2. The lowest BCUT2D eigenvalue weighted by Crippen LogP contribution is -2.24. The van der Waals surface area contributed by atoms with E-state index in [1.807, 2.05) is 60.5 Å². The number of thiophene rings is 1. The lowest BCUT2D eigenvalue weighted by atomic mass is 10.0. The van der Waals surface area contributed by atoms with E-state index >= 15 is 0 Å². The predicted molar refractivity (Wildman–Crippen MR) is 113 cm³/mol. The molecule has 4 aromatic rings. The number of H-pyrrole nitrogens is 1. The summed E-state index contributed by atoms with van der Waals surface area (Å²) in [6.45, 7) is 0.693. The minimum Gasteiger partial charge on any atom is -0.351 e. The number of unbranched alkanes of at least 4 members (excludes halogenated alkanes) is 1. The molecule has 0 atom stereocenters. The fourth-order valence-electron chi connectivity index (χ4n) is 3.34. The van der Waals surface area contributed by atoms with Gasteiger partial charge in [0.2, 0.25) is 0 Å². The average molecular weight is 391 g/mol. The van der Waals surface area contributed by atoms with Gasteiger partial charge in [-0.1, -0.05) is 0 Å². The maximum Gasteiger partial charge on any atom is 0.261 e. The molecule has 6 heteroatoms. The highest BCUT2D eigenvalue weighted by Crippen LogP contribution is 2.24. The van der Waals surface area contributed by atoms with Crippen molar-refractivity contribution in [2.75, 3.05) is 6.54 Å². The molecule has 142 valence electrons. The maximum atomic E-state index is 12.6. The van der Waals surface area contributed by atoms with Crippen LogP contribution in [-0.2, 0) is 12.8 Å². The first-order valence-corrected chi connectivity index (χ1v) is 10.3. The van der Waals surface area contributed by atoms with Crippen molar-refractivity contribution in [3.63, 3.8) is 0 Å². The third-order valence-electron chi connectivity index (χ3n) is 4.81. The Labute approximate surface area is 167 Å². The maximum absolute atomic E-state index is 12.6. The highest BCUT2D eigenvalue weighted by Gasteiger charge is 2.14. The molecule has 2 N–H and O–H groups in total. The Bertz CT molecular complexity index is 1050. The molecule has 0 bridgehead atoms. The SMILES string of the molecule is O=C(NCCCCc1ccncc1)c1sccc1Cc1ccnc2[nH]ccc12. The summed E-state index contributed by atoms with van der Waals surface area (Å²) in [7, 11) is 0. The molecule has 0 unspecified atom stereocenters. The topological polar surface area (TPSA) is 70.7 Å². The lowest BCUT2D eigenvalue weighted by molar-refractivity contribution is 0.0956. The second kappa shape index (κ2) is 8.80. The molecule has 4 aromatic heterocycles. The standard InChI is InChI=1S/C22H22N4OS/c27-22(26-9-2-1-3-16-4-10-23-11-5-16)20-18(8-14-28-20)15-17-6-12-24-21-19(17)7-13-25-21/h4-8,10-14H,1-3,9,15H2,(H,24,25)(H,26,27). The Morgan fingerprint density at radius 1 is 1.04 bits per heavy atom. The van der Waals surface area contributed by atoms with Crippen molar-refractivity contribution >= 4 is 28.3 Å². The zero-order valence-corrected chi connectivity index (χ0v) is 16.3. The molecule has 5 nitrogen and oxygen atoms in total. The molecule has 0 aliphatic heterocycles. The fraction of sp³-hybridized carbons (Fsp3) is 0.227. The molecule has 0 aliphatic rings. The number of aryl methyl sites for hydroxylation is 1. The molecular weight excluding hydrogens is 368 g/mol. The first-order valence-electron chi connectivity index (χ1n) is 9.46. The Balaban J connectivity index is 1.32. The number of amides is 1. The number of fused-ring (bicyclic) bond motifs is 1. The van der Waals surface area contributed by atoms with Gasteiger partial charge in [-0.05, 0) is 78.1 Å². The molecule has 0 saturated heterocycles. The Morgan fingerprint density at radius 3 is 2.82 bits per heavy atom. The third kappa shape index (κ3) is 4.28. The van der Waals surface area contributed by atoms with Crippen molar-refractivity contribution in [3.05, 3.63) is 82.1 Å². The van der Waals surface area contributed by atoms with E-state index in [2.05, 4.69) is 20.3 Å². The first-order chi connectivity index (χ1) is 13.8. The van der Waals surface area contributed by atoms with Gasteiger partial charge in [0.1, 0.15) is 5.65 Å². The quantitative estimate of drug-likeness (QED) is 0.439. The normalized spacial score (nSPS) is 11.0. The molecule has 0 radical (unpaired) electrons. The number of aromatic nitrogens is 3. The Hall–Kier alpha value is -2.99. The second-order valence-corrected chi connectivity index (χ2v) is 7.65. The first kappa shape index (κ1) is 18.4. The summed E-state index contributed by atoms with van der Waals surface area (Å²) in [5.41, 5.74) is 4.41. The van der Waals surface area contributed by atoms with Crippen LogP contribution in [-0.4, -0.2) is 27.4 Å². The Morgan fingerprint density at radius 2 is 1.93 bits per heavy atom. The summed E-state index contributed by atoms with van der Waals surface area (Å²) in [5, 5.41) is 6.17. The minimum atomic E-state index is 0.0216. The van der Waals surface area contributed by atoms with Gasteiger partial charge in [-0.15, -0.1) is 11.3 Å². The van der Waals surface area contributed by atoms with Crippen LogP contribution in [0.25, 0.3) is 11.0 Å². The van der Waals surface area contributed by atoms with E-state index in [1.54, 1.807) is 0 Å². The summed E-state index contributed by atoms with van der Waals surface area (Å²) in [5.74, 6) is 0.0216. The molecule has 0 fully saturated rings. The molecule has 0 aliphatic carbocycles. The number of hydrogen-bond acceptors (Lipinski definition) is 4. The molecule has 28 heavy (non-hydrogen) atoms. The van der Waals surface area contributed by atoms with Gasteiger partial charge in [0.15, 0.2) is 0 Å². The van der Waals surface area contributed by atoms with Crippen molar-refractivity contribution in [1.29, 1.82) is 0 Å². The van der Waals surface area contributed by atoms with E-state index in [-0.39, 0.29) is 5.91 Å². The second-order valence-electron chi connectivity index (χ2n) is 6.73. The van der Waals surface area contributed by atoms with Gasteiger partial charge in [-0.3, -0.25) is 9.78 Å². The lowest BCUT2D eigenvalue weighted by Gasteiger charge is -2.07. The van der Waals surface area contributed by atoms with Crippen molar-refractivity contribution in [3.8, 4) is 0 Å². The summed E-state index contributed by atoms with van der Waals surface area (Å²) in [6, 6.07) is 10.2. The van der Waals surface area contributed by atoms with Crippen LogP contribution < -0.4 is 5.32 Å². The minimum absolute atomic E-state index is 0.0216. The van der Waals surface area contributed by atoms with Gasteiger partial charge in [-0.2, -0.15) is 0 Å². The van der Waals surface area contributed by atoms with Gasteiger partial charge in [0.25, 0.3) is 5.91 Å². The van der Waals surface area contributed by atoms with E-state index in [0.717, 1.165) is 47.2 Å². The van der Waals surface area contributed by atoms with Gasteiger partial charge < -0.3 is 10.3 Å². The van der Waals surface area contributed by atoms with Crippen LogP contribution >= 0.6 is 11.3 Å². The number of nitrogens with zero attached hydrogens (tertiary/aromatic N) is 2. The van der Waals surface area contributed by atoms with Gasteiger partial charge in [0.05, 0.1) is 4.88 Å². The van der Waals surface area contributed by atoms with Gasteiger partial charge >= 0.3 is 0 Å². The van der Waals surface area contributed by atoms with Crippen LogP contribution in [0.2, 0.25) is 0 Å². The molecular formula is C22H22N4OS. The van der Waals surface area contributed by atoms with Crippen LogP contribution in [0.5, 0.6) is 0 Å². The fourth-order valence-corrected chi connectivity index (χ4v) is 4.18. The Kier molecular flexibility index (Phi) is 5.77. The van der Waals surface area contributed by atoms with Gasteiger partial charge in [-0.25, -0.2) is 4.98 Å². The van der Waals surface area contributed by atoms with E-state index in [0.29, 0.717) is 6.54 Å². The van der Waals surface area contributed by atoms with E-state index in [4.69, 9.17) is 0 Å². The highest BCUT2D eigenvalue weighted by molar-refractivity contribution is 7.12. The van der Waals surface area contributed by atoms with Crippen LogP contribution in [0, 0.1) is 0 Å². The smallest absolute Gasteiger partial charge is 0.261 e. The monoisotopic (exact) mass is 390 g/mol. The molecule has 0 spiro atoms. The molecule has 0 aromatic carbocycles. The summed E-state index contributed by atoms with van der Waals surface area (Å²) < 4.78 is 0. The number of aromatic amines is 1. The zero-order valence-electron chi connectivity index (χ0n) is 15.5. The number of hydrogen-bond donors (Lipinski definition) is 2. The molecule has 1 amide bonds. The van der Waals surface area contributed by atoms with E-state index in [9.17, 15) is 4.79 Å². The van der Waals surface area contributed by atoms with Crippen LogP contribution in [0.4, 0.5) is 0 Å². The van der Waals surface area contributed by atoms with Crippen molar-refractivity contribution in [1.82, 2.24) is 20.3 Å². The largest absolute Gasteiger partial charge is 0.351 e. The summed E-state index contributed by atoms with van der Waals surface area (Å²) in [6.07, 6.45) is 11.1.